The summed E-state index contributed by atoms with van der Waals surface area (Å²) in [5, 5.41) is 15.0. The van der Waals surface area contributed by atoms with Crippen molar-refractivity contribution in [2.75, 3.05) is 11.9 Å². The zero-order chi connectivity index (χ0) is 20.5. The maximum Gasteiger partial charge on any atom is 0.338 e. The van der Waals surface area contributed by atoms with Crippen LogP contribution in [0.2, 0.25) is 0 Å². The van der Waals surface area contributed by atoms with E-state index >= 15 is 0 Å². The summed E-state index contributed by atoms with van der Waals surface area (Å²) in [6.07, 6.45) is 1.13. The van der Waals surface area contributed by atoms with Gasteiger partial charge in [0.15, 0.2) is 0 Å². The Labute approximate surface area is 160 Å². The van der Waals surface area contributed by atoms with Gasteiger partial charge < -0.3 is 15.2 Å². The molecule has 0 saturated heterocycles. The highest BCUT2D eigenvalue weighted by Crippen LogP contribution is 2.10. The molecule has 9 heteroatoms. The summed E-state index contributed by atoms with van der Waals surface area (Å²) in [6.45, 7) is 1.93. The van der Waals surface area contributed by atoms with Crippen LogP contribution in [0, 0.1) is 0 Å². The molecule has 0 heterocycles. The molecule has 2 rings (SSSR count). The monoisotopic (exact) mass is 383 g/mol. The molecule has 0 aliphatic heterocycles. The summed E-state index contributed by atoms with van der Waals surface area (Å²) in [4.78, 5) is 46.3. The van der Waals surface area contributed by atoms with Gasteiger partial charge in [-0.2, -0.15) is 5.10 Å². The number of carboxylic acid groups (broad SMARTS) is 1. The Kier molecular flexibility index (Phi) is 6.98. The van der Waals surface area contributed by atoms with Crippen LogP contribution >= 0.6 is 0 Å². The van der Waals surface area contributed by atoms with Gasteiger partial charge in [-0.25, -0.2) is 15.0 Å². The van der Waals surface area contributed by atoms with Crippen molar-refractivity contribution < 1.29 is 29.0 Å². The van der Waals surface area contributed by atoms with E-state index in [1.807, 2.05) is 5.43 Å². The van der Waals surface area contributed by atoms with Crippen LogP contribution in [0.25, 0.3) is 0 Å². The molecular formula is C19H17N3O6. The Hall–Kier alpha value is -4.01. The van der Waals surface area contributed by atoms with Gasteiger partial charge >= 0.3 is 23.8 Å². The summed E-state index contributed by atoms with van der Waals surface area (Å²) < 4.78 is 4.85. The number of hydrazone groups is 1. The second-order valence-electron chi connectivity index (χ2n) is 5.34. The van der Waals surface area contributed by atoms with Gasteiger partial charge in [0.25, 0.3) is 0 Å². The Morgan fingerprint density at radius 3 is 2.36 bits per heavy atom. The van der Waals surface area contributed by atoms with Crippen molar-refractivity contribution in [3.8, 4) is 0 Å². The second-order valence-corrected chi connectivity index (χ2v) is 5.34. The smallest absolute Gasteiger partial charge is 0.338 e. The van der Waals surface area contributed by atoms with Crippen LogP contribution in [0.15, 0.2) is 53.6 Å². The first-order valence-electron chi connectivity index (χ1n) is 8.16. The number of anilines is 1. The summed E-state index contributed by atoms with van der Waals surface area (Å²) >= 11 is 0. The molecule has 0 bridgehead atoms. The molecule has 0 spiro atoms. The van der Waals surface area contributed by atoms with E-state index in [1.54, 1.807) is 19.1 Å². The number of benzene rings is 2. The predicted molar refractivity (Wildman–Crippen MR) is 100 cm³/mol. The minimum absolute atomic E-state index is 0.00615. The van der Waals surface area contributed by atoms with Gasteiger partial charge in [-0.15, -0.1) is 0 Å². The van der Waals surface area contributed by atoms with Crippen molar-refractivity contribution >= 4 is 35.7 Å². The summed E-state index contributed by atoms with van der Waals surface area (Å²) in [5.74, 6) is -3.66. The number of hydrogen-bond donors (Lipinski definition) is 3. The third kappa shape index (κ3) is 5.49. The minimum Gasteiger partial charge on any atom is -0.478 e. The van der Waals surface area contributed by atoms with Gasteiger partial charge in [-0.05, 0) is 37.3 Å². The number of rotatable bonds is 6. The number of carbonyl (C=O) groups is 4. The van der Waals surface area contributed by atoms with Gasteiger partial charge in [0.05, 0.1) is 23.9 Å². The molecule has 9 nitrogen and oxygen atoms in total. The average molecular weight is 383 g/mol. The molecule has 0 atom stereocenters. The standard InChI is InChI=1S/C19H17N3O6/c1-2-28-19(27)12-7-9-14(10-8-12)21-16(23)17(24)22-20-11-13-5-3-4-6-15(13)18(25)26/h3-11H,2H2,1H3,(H,21,23)(H,22,24)(H,25,26)/b20-11-. The Morgan fingerprint density at radius 1 is 1.04 bits per heavy atom. The fourth-order valence-electron chi connectivity index (χ4n) is 2.11. The van der Waals surface area contributed by atoms with Gasteiger partial charge in [0, 0.05) is 11.3 Å². The lowest BCUT2D eigenvalue weighted by molar-refractivity contribution is -0.136. The first-order valence-corrected chi connectivity index (χ1v) is 8.16. The molecule has 0 aliphatic carbocycles. The maximum atomic E-state index is 11.9. The topological polar surface area (TPSA) is 134 Å². The second kappa shape index (κ2) is 9.62. The van der Waals surface area contributed by atoms with E-state index in [9.17, 15) is 19.2 Å². The van der Waals surface area contributed by atoms with Gasteiger partial charge in [-0.1, -0.05) is 18.2 Å². The molecule has 0 saturated carbocycles. The average Bonchev–Trinajstić information content (AvgIpc) is 2.68. The van der Waals surface area contributed by atoms with Crippen molar-refractivity contribution in [2.24, 2.45) is 5.10 Å². The quantitative estimate of drug-likeness (QED) is 0.300. The van der Waals surface area contributed by atoms with Crippen molar-refractivity contribution in [3.05, 3.63) is 65.2 Å². The van der Waals surface area contributed by atoms with Crippen LogP contribution in [-0.2, 0) is 14.3 Å². The molecule has 0 fully saturated rings. The fourth-order valence-corrected chi connectivity index (χ4v) is 2.11. The third-order valence-electron chi connectivity index (χ3n) is 3.42. The van der Waals surface area contributed by atoms with E-state index in [2.05, 4.69) is 10.4 Å². The largest absolute Gasteiger partial charge is 0.478 e. The molecule has 0 radical (unpaired) electrons. The molecular weight excluding hydrogens is 366 g/mol. The normalized spacial score (nSPS) is 10.3. The van der Waals surface area contributed by atoms with Crippen LogP contribution in [0.1, 0.15) is 33.2 Å². The summed E-state index contributed by atoms with van der Waals surface area (Å²) in [7, 11) is 0. The number of ether oxygens (including phenoxy) is 1. The van der Waals surface area contributed by atoms with Crippen molar-refractivity contribution in [2.45, 2.75) is 6.92 Å². The highest BCUT2D eigenvalue weighted by atomic mass is 16.5. The van der Waals surface area contributed by atoms with Crippen LogP contribution in [0.3, 0.4) is 0 Å². The third-order valence-corrected chi connectivity index (χ3v) is 3.42. The summed E-state index contributed by atoms with van der Waals surface area (Å²) in [6, 6.07) is 11.9. The zero-order valence-corrected chi connectivity index (χ0v) is 14.8. The van der Waals surface area contributed by atoms with Crippen LogP contribution in [0.4, 0.5) is 5.69 Å². The van der Waals surface area contributed by atoms with E-state index < -0.39 is 23.8 Å². The van der Waals surface area contributed by atoms with Crippen LogP contribution < -0.4 is 10.7 Å². The molecule has 2 aromatic carbocycles. The molecule has 0 aliphatic rings. The lowest BCUT2D eigenvalue weighted by Crippen LogP contribution is -2.32. The van der Waals surface area contributed by atoms with E-state index in [0.29, 0.717) is 11.3 Å². The van der Waals surface area contributed by atoms with Gasteiger partial charge in [0.1, 0.15) is 0 Å². The number of aromatic carboxylic acids is 1. The van der Waals surface area contributed by atoms with Crippen molar-refractivity contribution in [1.29, 1.82) is 0 Å². The molecule has 0 unspecified atom stereocenters. The van der Waals surface area contributed by atoms with E-state index in [-0.39, 0.29) is 17.7 Å². The number of amides is 2. The Morgan fingerprint density at radius 2 is 1.71 bits per heavy atom. The number of carbonyl (C=O) groups excluding carboxylic acids is 3. The number of carboxylic acids is 1. The van der Waals surface area contributed by atoms with Gasteiger partial charge in [0.2, 0.25) is 0 Å². The van der Waals surface area contributed by atoms with Crippen LogP contribution in [0.5, 0.6) is 0 Å². The maximum absolute atomic E-state index is 11.9. The predicted octanol–water partition coefficient (Wildman–Crippen LogP) is 1.65. The molecule has 28 heavy (non-hydrogen) atoms. The Bertz CT molecular complexity index is 922. The van der Waals surface area contributed by atoms with E-state index in [1.165, 1.54) is 36.4 Å². The number of nitrogens with zero attached hydrogens (tertiary/aromatic N) is 1. The van der Waals surface area contributed by atoms with E-state index in [0.717, 1.165) is 6.21 Å². The molecule has 3 N–H and O–H groups in total. The molecule has 2 aromatic rings. The number of esters is 1. The minimum atomic E-state index is -1.14. The molecule has 2 amide bonds. The van der Waals surface area contributed by atoms with E-state index in [4.69, 9.17) is 9.84 Å². The van der Waals surface area contributed by atoms with Crippen molar-refractivity contribution in [1.82, 2.24) is 5.43 Å². The molecule has 144 valence electrons. The molecule has 0 aromatic heterocycles. The fraction of sp³-hybridized carbons (Fsp3) is 0.105. The zero-order valence-electron chi connectivity index (χ0n) is 14.8. The lowest BCUT2D eigenvalue weighted by atomic mass is 10.1. The lowest BCUT2D eigenvalue weighted by Gasteiger charge is -2.05. The first-order chi connectivity index (χ1) is 13.4. The van der Waals surface area contributed by atoms with Gasteiger partial charge in [-0.3, -0.25) is 9.59 Å². The SMILES string of the molecule is CCOC(=O)c1ccc(NC(=O)C(=O)N/N=C\c2ccccc2C(=O)O)cc1. The van der Waals surface area contributed by atoms with Crippen molar-refractivity contribution in [3.63, 3.8) is 0 Å². The number of hydrogen-bond acceptors (Lipinski definition) is 6. The number of nitrogens with one attached hydrogen (secondary N) is 2. The highest BCUT2D eigenvalue weighted by molar-refractivity contribution is 6.39. The Balaban J connectivity index is 1.94. The first kappa shape index (κ1) is 20.3. The van der Waals surface area contributed by atoms with Crippen LogP contribution in [-0.4, -0.2) is 41.7 Å². The highest BCUT2D eigenvalue weighted by Gasteiger charge is 2.14. The summed E-state index contributed by atoms with van der Waals surface area (Å²) in [5.41, 5.74) is 2.90.